The third-order valence-electron chi connectivity index (χ3n) is 4.23. The molecule has 0 fully saturated rings. The van der Waals surface area contributed by atoms with Gasteiger partial charge in [-0.25, -0.2) is 9.07 Å². The molecule has 0 aliphatic heterocycles. The molecule has 0 spiro atoms. The fraction of sp³-hybridized carbons (Fsp3) is 0.158. The molecule has 0 aliphatic rings. The fourth-order valence-corrected chi connectivity index (χ4v) is 2.77. The Kier molecular flexibility index (Phi) is 3.84. The van der Waals surface area contributed by atoms with Gasteiger partial charge in [-0.15, -0.1) is 5.10 Å². The van der Waals surface area contributed by atoms with Gasteiger partial charge in [-0.2, -0.15) is 4.98 Å². The van der Waals surface area contributed by atoms with Gasteiger partial charge in [-0.05, 0) is 50.1 Å². The van der Waals surface area contributed by atoms with E-state index in [1.165, 1.54) is 6.07 Å². The smallest absolute Gasteiger partial charge is 0.280 e. The molecule has 0 amide bonds. The minimum atomic E-state index is -0.407. The van der Waals surface area contributed by atoms with E-state index in [0.29, 0.717) is 5.69 Å². The van der Waals surface area contributed by atoms with Crippen molar-refractivity contribution >= 4 is 0 Å². The van der Waals surface area contributed by atoms with Gasteiger partial charge in [0, 0.05) is 0 Å². The molecule has 2 heterocycles. The van der Waals surface area contributed by atoms with E-state index in [9.17, 15) is 4.39 Å². The SMILES string of the molecule is Cc1ccc(C)c(-n2nnc(-c3nc(-c4ccccc4F)no3)c2C)c1. The molecule has 26 heavy (non-hydrogen) atoms. The van der Waals surface area contributed by atoms with Crippen LogP contribution in [0.25, 0.3) is 28.7 Å². The first-order chi connectivity index (χ1) is 12.5. The molecule has 4 aromatic rings. The van der Waals surface area contributed by atoms with E-state index in [-0.39, 0.29) is 17.3 Å². The van der Waals surface area contributed by atoms with Gasteiger partial charge in [0.1, 0.15) is 5.82 Å². The maximum absolute atomic E-state index is 13.9. The molecule has 2 aromatic carbocycles. The van der Waals surface area contributed by atoms with Crippen LogP contribution in [-0.4, -0.2) is 25.1 Å². The van der Waals surface area contributed by atoms with Gasteiger partial charge in [0.25, 0.3) is 5.89 Å². The standard InChI is InChI=1S/C19H16FN5O/c1-11-8-9-12(2)16(10-11)25-13(3)17(22-24-25)19-21-18(23-26-19)14-6-4-5-7-15(14)20/h4-10H,1-3H3. The Labute approximate surface area is 149 Å². The van der Waals surface area contributed by atoms with Crippen LogP contribution in [-0.2, 0) is 0 Å². The highest BCUT2D eigenvalue weighted by atomic mass is 19.1. The van der Waals surface area contributed by atoms with Crippen molar-refractivity contribution in [3.05, 3.63) is 65.1 Å². The van der Waals surface area contributed by atoms with Crippen molar-refractivity contribution in [1.82, 2.24) is 25.1 Å². The van der Waals surface area contributed by atoms with Gasteiger partial charge in [0.2, 0.25) is 5.82 Å². The van der Waals surface area contributed by atoms with E-state index < -0.39 is 5.82 Å². The number of rotatable bonds is 3. The average Bonchev–Trinajstić information content (AvgIpc) is 3.24. The first-order valence-electron chi connectivity index (χ1n) is 8.13. The molecule has 0 unspecified atom stereocenters. The molecule has 6 nitrogen and oxygen atoms in total. The summed E-state index contributed by atoms with van der Waals surface area (Å²) < 4.78 is 21.0. The van der Waals surface area contributed by atoms with Crippen LogP contribution in [0.2, 0.25) is 0 Å². The number of aryl methyl sites for hydroxylation is 2. The maximum Gasteiger partial charge on any atom is 0.280 e. The molecule has 130 valence electrons. The van der Waals surface area contributed by atoms with Gasteiger partial charge in [0.05, 0.1) is 16.9 Å². The van der Waals surface area contributed by atoms with Crippen LogP contribution in [0.5, 0.6) is 0 Å². The summed E-state index contributed by atoms with van der Waals surface area (Å²) in [6, 6.07) is 12.4. The fourth-order valence-electron chi connectivity index (χ4n) is 2.77. The molecule has 4 rings (SSSR count). The first kappa shape index (κ1) is 16.1. The second kappa shape index (κ2) is 6.18. The van der Waals surface area contributed by atoms with Gasteiger partial charge in [-0.3, -0.25) is 0 Å². The Bertz CT molecular complexity index is 1100. The number of benzene rings is 2. The van der Waals surface area contributed by atoms with Crippen LogP contribution in [0.3, 0.4) is 0 Å². The monoisotopic (exact) mass is 349 g/mol. The van der Waals surface area contributed by atoms with E-state index >= 15 is 0 Å². The van der Waals surface area contributed by atoms with E-state index in [4.69, 9.17) is 4.52 Å². The van der Waals surface area contributed by atoms with Crippen molar-refractivity contribution in [2.24, 2.45) is 0 Å². The minimum absolute atomic E-state index is 0.179. The normalized spacial score (nSPS) is 11.1. The van der Waals surface area contributed by atoms with Crippen molar-refractivity contribution in [1.29, 1.82) is 0 Å². The van der Waals surface area contributed by atoms with Crippen molar-refractivity contribution in [2.75, 3.05) is 0 Å². The van der Waals surface area contributed by atoms with Crippen molar-refractivity contribution in [3.63, 3.8) is 0 Å². The predicted molar refractivity (Wildman–Crippen MR) is 94.3 cm³/mol. The molecule has 0 bridgehead atoms. The summed E-state index contributed by atoms with van der Waals surface area (Å²) in [6.07, 6.45) is 0. The number of nitrogens with zero attached hydrogens (tertiary/aromatic N) is 5. The second-order valence-electron chi connectivity index (χ2n) is 6.13. The highest BCUT2D eigenvalue weighted by Gasteiger charge is 2.20. The molecule has 0 saturated heterocycles. The van der Waals surface area contributed by atoms with E-state index in [0.717, 1.165) is 22.5 Å². The lowest BCUT2D eigenvalue weighted by molar-refractivity contribution is 0.430. The number of halogens is 1. The van der Waals surface area contributed by atoms with Gasteiger partial charge < -0.3 is 4.52 Å². The summed E-state index contributed by atoms with van der Waals surface area (Å²) in [5.74, 6) is -0.0216. The average molecular weight is 349 g/mol. The van der Waals surface area contributed by atoms with Crippen molar-refractivity contribution < 1.29 is 8.91 Å². The van der Waals surface area contributed by atoms with E-state index in [2.05, 4.69) is 20.5 Å². The third-order valence-corrected chi connectivity index (χ3v) is 4.23. The molecule has 0 aliphatic carbocycles. The largest absolute Gasteiger partial charge is 0.332 e. The van der Waals surface area contributed by atoms with Crippen molar-refractivity contribution in [2.45, 2.75) is 20.8 Å². The lowest BCUT2D eigenvalue weighted by atomic mass is 10.1. The zero-order chi connectivity index (χ0) is 18.3. The Balaban J connectivity index is 1.76. The van der Waals surface area contributed by atoms with Crippen LogP contribution in [0.1, 0.15) is 16.8 Å². The molecule has 0 N–H and O–H groups in total. The number of hydrogen-bond acceptors (Lipinski definition) is 5. The van der Waals surface area contributed by atoms with Gasteiger partial charge in [0.15, 0.2) is 5.69 Å². The Morgan fingerprint density at radius 3 is 2.65 bits per heavy atom. The predicted octanol–water partition coefficient (Wildman–Crippen LogP) is 4.05. The van der Waals surface area contributed by atoms with Crippen LogP contribution < -0.4 is 0 Å². The molecular formula is C19H16FN5O. The summed E-state index contributed by atoms with van der Waals surface area (Å²) in [5.41, 5.74) is 4.66. The number of aromatic nitrogens is 5. The zero-order valence-electron chi connectivity index (χ0n) is 14.6. The Hall–Kier alpha value is -3.35. The molecule has 0 radical (unpaired) electrons. The third kappa shape index (κ3) is 2.67. The number of hydrogen-bond donors (Lipinski definition) is 0. The van der Waals surface area contributed by atoms with E-state index in [1.807, 2.05) is 39.0 Å². The Morgan fingerprint density at radius 1 is 1.04 bits per heavy atom. The zero-order valence-corrected chi connectivity index (χ0v) is 14.6. The quantitative estimate of drug-likeness (QED) is 0.558. The molecule has 7 heteroatoms. The van der Waals surface area contributed by atoms with Crippen LogP contribution in [0.4, 0.5) is 4.39 Å². The minimum Gasteiger partial charge on any atom is -0.332 e. The molecule has 2 aromatic heterocycles. The topological polar surface area (TPSA) is 69.6 Å². The summed E-state index contributed by atoms with van der Waals surface area (Å²) in [4.78, 5) is 4.29. The van der Waals surface area contributed by atoms with E-state index in [1.54, 1.807) is 22.9 Å². The first-order valence-corrected chi connectivity index (χ1v) is 8.13. The summed E-state index contributed by atoms with van der Waals surface area (Å²) in [7, 11) is 0. The molecule has 0 saturated carbocycles. The Morgan fingerprint density at radius 2 is 1.85 bits per heavy atom. The maximum atomic E-state index is 13.9. The van der Waals surface area contributed by atoms with Crippen LogP contribution in [0, 0.1) is 26.6 Å². The van der Waals surface area contributed by atoms with Crippen LogP contribution >= 0.6 is 0 Å². The van der Waals surface area contributed by atoms with Crippen molar-refractivity contribution in [3.8, 4) is 28.7 Å². The second-order valence-corrected chi connectivity index (χ2v) is 6.13. The highest BCUT2D eigenvalue weighted by Crippen LogP contribution is 2.26. The molecule has 0 atom stereocenters. The van der Waals surface area contributed by atoms with Gasteiger partial charge >= 0.3 is 0 Å². The highest BCUT2D eigenvalue weighted by molar-refractivity contribution is 5.59. The summed E-state index contributed by atoms with van der Waals surface area (Å²) in [6.45, 7) is 5.91. The van der Waals surface area contributed by atoms with Crippen LogP contribution in [0.15, 0.2) is 47.0 Å². The van der Waals surface area contributed by atoms with Gasteiger partial charge in [-0.1, -0.05) is 34.6 Å². The summed E-state index contributed by atoms with van der Waals surface area (Å²) in [5, 5.41) is 12.3. The molecular weight excluding hydrogens is 333 g/mol. The summed E-state index contributed by atoms with van der Waals surface area (Å²) >= 11 is 0. The lowest BCUT2D eigenvalue weighted by Crippen LogP contribution is -2.02. The lowest BCUT2D eigenvalue weighted by Gasteiger charge is -2.08.